The lowest BCUT2D eigenvalue weighted by Gasteiger charge is -2.20. The van der Waals surface area contributed by atoms with Crippen LogP contribution in [0.15, 0.2) is 54.6 Å². The minimum absolute atomic E-state index is 0.206. The molecule has 1 aliphatic rings. The fourth-order valence-corrected chi connectivity index (χ4v) is 2.93. The maximum absolute atomic E-state index is 12.0. The number of nitrogens with one attached hydrogen (secondary N) is 2. The quantitative estimate of drug-likeness (QED) is 0.772. The van der Waals surface area contributed by atoms with Crippen molar-refractivity contribution in [2.45, 2.75) is 39.3 Å². The molecule has 6 heteroatoms. The van der Waals surface area contributed by atoms with Gasteiger partial charge in [-0.1, -0.05) is 30.3 Å². The molecule has 0 saturated carbocycles. The molecular formula is C22H26N2O4. The molecule has 2 N–H and O–H groups in total. The third kappa shape index (κ3) is 5.33. The van der Waals surface area contributed by atoms with Gasteiger partial charge in [0.15, 0.2) is 6.23 Å². The first-order valence-corrected chi connectivity index (χ1v) is 9.39. The van der Waals surface area contributed by atoms with Crippen LogP contribution in [0.2, 0.25) is 0 Å². The lowest BCUT2D eigenvalue weighted by molar-refractivity contribution is -0.159. The molecule has 1 heterocycles. The highest BCUT2D eigenvalue weighted by Gasteiger charge is 2.31. The lowest BCUT2D eigenvalue weighted by atomic mass is 9.96. The summed E-state index contributed by atoms with van der Waals surface area (Å²) in [6.45, 7) is 6.27. The Morgan fingerprint density at radius 2 is 1.71 bits per heavy atom. The molecule has 1 aliphatic heterocycles. The van der Waals surface area contributed by atoms with Crippen molar-refractivity contribution in [3.05, 3.63) is 60.2 Å². The largest absolute Gasteiger partial charge is 0.446 e. The van der Waals surface area contributed by atoms with Gasteiger partial charge in [0.2, 0.25) is 0 Å². The van der Waals surface area contributed by atoms with Crippen LogP contribution in [0.4, 0.5) is 10.5 Å². The van der Waals surface area contributed by atoms with Gasteiger partial charge < -0.3 is 9.47 Å². The van der Waals surface area contributed by atoms with Crippen LogP contribution in [0.5, 0.6) is 5.75 Å². The molecule has 28 heavy (non-hydrogen) atoms. The van der Waals surface area contributed by atoms with Crippen molar-refractivity contribution in [1.29, 1.82) is 0 Å². The molecule has 1 fully saturated rings. The van der Waals surface area contributed by atoms with Gasteiger partial charge in [-0.2, -0.15) is 0 Å². The van der Waals surface area contributed by atoms with Crippen molar-refractivity contribution in [3.8, 4) is 5.75 Å². The first-order chi connectivity index (χ1) is 13.3. The Balaban J connectivity index is 1.52. The summed E-state index contributed by atoms with van der Waals surface area (Å²) in [4.78, 5) is 24.0. The Bertz CT molecular complexity index is 813. The van der Waals surface area contributed by atoms with E-state index in [4.69, 9.17) is 9.47 Å². The Labute approximate surface area is 165 Å². The fraction of sp³-hybridized carbons (Fsp3) is 0.364. The fourth-order valence-electron chi connectivity index (χ4n) is 2.93. The zero-order valence-corrected chi connectivity index (χ0v) is 16.4. The van der Waals surface area contributed by atoms with Crippen LogP contribution in [-0.2, 0) is 9.53 Å². The van der Waals surface area contributed by atoms with Crippen LogP contribution < -0.4 is 15.4 Å². The Hall–Kier alpha value is -2.86. The summed E-state index contributed by atoms with van der Waals surface area (Å²) < 4.78 is 10.8. The van der Waals surface area contributed by atoms with Crippen molar-refractivity contribution in [2.24, 2.45) is 5.41 Å². The molecule has 0 bridgehead atoms. The molecule has 1 amide bonds. The number of ether oxygens (including phenoxy) is 2. The zero-order valence-electron chi connectivity index (χ0n) is 16.4. The number of carbonyl (C=O) groups excluding carboxylic acids is 2. The summed E-state index contributed by atoms with van der Waals surface area (Å²) in [5.74, 6) is 0.537. The molecular weight excluding hydrogens is 356 g/mol. The number of hydrogen-bond donors (Lipinski definition) is 2. The van der Waals surface area contributed by atoms with Crippen molar-refractivity contribution in [3.63, 3.8) is 0 Å². The highest BCUT2D eigenvalue weighted by Crippen LogP contribution is 2.28. The molecule has 3 rings (SSSR count). The number of anilines is 1. The predicted octanol–water partition coefficient (Wildman–Crippen LogP) is 4.29. The van der Waals surface area contributed by atoms with Crippen LogP contribution in [0.25, 0.3) is 0 Å². The van der Waals surface area contributed by atoms with E-state index >= 15 is 0 Å². The molecule has 2 unspecified atom stereocenters. The van der Waals surface area contributed by atoms with Crippen LogP contribution in [0.3, 0.4) is 0 Å². The van der Waals surface area contributed by atoms with Gasteiger partial charge in [-0.25, -0.2) is 4.79 Å². The first-order valence-electron chi connectivity index (χ1n) is 9.39. The van der Waals surface area contributed by atoms with E-state index in [0.29, 0.717) is 11.4 Å². The topological polar surface area (TPSA) is 76.7 Å². The van der Waals surface area contributed by atoms with Crippen LogP contribution in [0.1, 0.15) is 38.7 Å². The minimum atomic E-state index is -0.532. The molecule has 1 saturated heterocycles. The summed E-state index contributed by atoms with van der Waals surface area (Å²) in [6.07, 6.45) is -0.0732. The van der Waals surface area contributed by atoms with Crippen LogP contribution in [0, 0.1) is 5.41 Å². The summed E-state index contributed by atoms with van der Waals surface area (Å²) in [5.41, 5.74) is 1.27. The SMILES string of the molecule is CC(C)(C)C(=O)OC1CC(c2ccc(NC(=O)Oc3ccccc3)cc2)CN1. The third-order valence-corrected chi connectivity index (χ3v) is 4.53. The zero-order chi connectivity index (χ0) is 20.1. The second-order valence-electron chi connectivity index (χ2n) is 7.93. The first kappa shape index (κ1) is 19.9. The molecule has 2 atom stereocenters. The predicted molar refractivity (Wildman–Crippen MR) is 107 cm³/mol. The number of amides is 1. The highest BCUT2D eigenvalue weighted by atomic mass is 16.6. The summed E-state index contributed by atoms with van der Waals surface area (Å²) >= 11 is 0. The number of rotatable bonds is 4. The average molecular weight is 382 g/mol. The van der Waals surface area contributed by atoms with Gasteiger partial charge in [-0.3, -0.25) is 15.4 Å². The summed E-state index contributed by atoms with van der Waals surface area (Å²) in [7, 11) is 0. The normalized spacial score (nSPS) is 19.1. The standard InChI is InChI=1S/C22H26N2O4/c1-22(2,3)20(25)28-19-13-16(14-23-19)15-9-11-17(12-10-15)24-21(26)27-18-7-5-4-6-8-18/h4-12,16,19,23H,13-14H2,1-3H3,(H,24,26). The second kappa shape index (κ2) is 8.44. The van der Waals surface area contributed by atoms with E-state index in [2.05, 4.69) is 10.6 Å². The molecule has 148 valence electrons. The molecule has 0 spiro atoms. The Morgan fingerprint density at radius 1 is 1.04 bits per heavy atom. The molecule has 0 aliphatic carbocycles. The van der Waals surface area contributed by atoms with E-state index in [0.717, 1.165) is 18.5 Å². The smallest absolute Gasteiger partial charge is 0.417 e. The minimum Gasteiger partial charge on any atom is -0.446 e. The molecule has 6 nitrogen and oxygen atoms in total. The number of carbonyl (C=O) groups is 2. The molecule has 2 aromatic carbocycles. The van der Waals surface area contributed by atoms with Crippen LogP contribution in [-0.4, -0.2) is 24.8 Å². The number of hydrogen-bond acceptors (Lipinski definition) is 5. The van der Waals surface area contributed by atoms with E-state index in [-0.39, 0.29) is 18.1 Å². The van der Waals surface area contributed by atoms with Crippen molar-refractivity contribution in [2.75, 3.05) is 11.9 Å². The molecule has 2 aromatic rings. The van der Waals surface area contributed by atoms with Gasteiger partial charge in [0, 0.05) is 24.6 Å². The summed E-state index contributed by atoms with van der Waals surface area (Å²) in [5, 5.41) is 5.96. The van der Waals surface area contributed by atoms with Crippen molar-refractivity contribution in [1.82, 2.24) is 5.32 Å². The van der Waals surface area contributed by atoms with E-state index < -0.39 is 11.5 Å². The molecule has 0 radical (unpaired) electrons. The third-order valence-electron chi connectivity index (χ3n) is 4.53. The van der Waals surface area contributed by atoms with Crippen LogP contribution >= 0.6 is 0 Å². The highest BCUT2D eigenvalue weighted by molar-refractivity contribution is 5.86. The monoisotopic (exact) mass is 382 g/mol. The maximum Gasteiger partial charge on any atom is 0.417 e. The van der Waals surface area contributed by atoms with Gasteiger partial charge in [0.1, 0.15) is 5.75 Å². The van der Waals surface area contributed by atoms with Gasteiger partial charge in [0.05, 0.1) is 5.41 Å². The average Bonchev–Trinajstić information content (AvgIpc) is 3.11. The van der Waals surface area contributed by atoms with Crippen molar-refractivity contribution < 1.29 is 19.1 Å². The van der Waals surface area contributed by atoms with Gasteiger partial charge >= 0.3 is 12.1 Å². The van der Waals surface area contributed by atoms with E-state index in [1.807, 2.05) is 51.1 Å². The lowest BCUT2D eigenvalue weighted by Crippen LogP contribution is -2.33. The number of benzene rings is 2. The second-order valence-corrected chi connectivity index (χ2v) is 7.93. The van der Waals surface area contributed by atoms with Crippen molar-refractivity contribution >= 4 is 17.7 Å². The number of para-hydroxylation sites is 1. The molecule has 0 aromatic heterocycles. The summed E-state index contributed by atoms with van der Waals surface area (Å²) in [6, 6.07) is 16.5. The number of esters is 1. The van der Waals surface area contributed by atoms with Gasteiger partial charge in [-0.15, -0.1) is 0 Å². The van der Waals surface area contributed by atoms with E-state index in [1.165, 1.54) is 0 Å². The van der Waals surface area contributed by atoms with E-state index in [1.54, 1.807) is 24.3 Å². The van der Waals surface area contributed by atoms with E-state index in [9.17, 15) is 9.59 Å². The Morgan fingerprint density at radius 3 is 2.36 bits per heavy atom. The van der Waals surface area contributed by atoms with Gasteiger partial charge in [-0.05, 0) is 50.6 Å². The maximum atomic E-state index is 12.0. The Kier molecular flexibility index (Phi) is 5.99. The van der Waals surface area contributed by atoms with Gasteiger partial charge in [0.25, 0.3) is 0 Å².